The molecule has 2 aromatic rings. The minimum absolute atomic E-state index is 0.0293. The third-order valence-electron chi connectivity index (χ3n) is 11.6. The smallest absolute Gasteiger partial charge is 0.326 e. The van der Waals surface area contributed by atoms with Crippen molar-refractivity contribution in [2.45, 2.75) is 154 Å². The number of aromatic hydroxyl groups is 1. The van der Waals surface area contributed by atoms with Gasteiger partial charge in [0, 0.05) is 31.2 Å². The van der Waals surface area contributed by atoms with E-state index in [1.54, 1.807) is 53.7 Å². The van der Waals surface area contributed by atoms with Crippen molar-refractivity contribution in [2.75, 3.05) is 13.2 Å². The molecule has 0 aliphatic carbocycles. The number of benzene rings is 1. The molecule has 1 aromatic carbocycles. The van der Waals surface area contributed by atoms with Crippen LogP contribution in [0.3, 0.4) is 0 Å². The molecule has 74 heavy (non-hydrogen) atoms. The second-order valence-corrected chi connectivity index (χ2v) is 19.2. The van der Waals surface area contributed by atoms with Gasteiger partial charge in [-0.3, -0.25) is 43.2 Å². The predicted molar refractivity (Wildman–Crippen MR) is 268 cm³/mol. The molecule has 0 saturated carbocycles. The number of nitrogens with one attached hydrogen (secondary N) is 9. The molecule has 0 saturated heterocycles. The van der Waals surface area contributed by atoms with Gasteiger partial charge in [0.2, 0.25) is 53.2 Å². The maximum absolute atomic E-state index is 14.1. The second-order valence-electron chi connectivity index (χ2n) is 19.2. The Morgan fingerprint density at radius 3 is 1.66 bits per heavy atom. The van der Waals surface area contributed by atoms with Crippen molar-refractivity contribution in [3.8, 4) is 5.75 Å². The summed E-state index contributed by atoms with van der Waals surface area (Å²) < 4.78 is 0. The molecule has 0 aliphatic heterocycles. The number of amides is 9. The van der Waals surface area contributed by atoms with Gasteiger partial charge in [-0.25, -0.2) is 9.78 Å². The van der Waals surface area contributed by atoms with Crippen LogP contribution >= 0.6 is 0 Å². The van der Waals surface area contributed by atoms with Crippen molar-refractivity contribution >= 4 is 59.1 Å². The first kappa shape index (κ1) is 62.9. The third kappa shape index (κ3) is 21.9. The van der Waals surface area contributed by atoms with Gasteiger partial charge < -0.3 is 80.0 Å². The number of nitrogens with zero attached hydrogens (tertiary/aromatic N) is 1. The summed E-state index contributed by atoms with van der Waals surface area (Å²) in [5, 5.41) is 49.6. The van der Waals surface area contributed by atoms with Crippen LogP contribution in [0.4, 0.5) is 0 Å². The van der Waals surface area contributed by atoms with Crippen molar-refractivity contribution in [3.05, 3.63) is 48.0 Å². The van der Waals surface area contributed by atoms with E-state index >= 15 is 0 Å². The fourth-order valence-corrected chi connectivity index (χ4v) is 7.31. The normalized spacial score (nSPS) is 14.9. The van der Waals surface area contributed by atoms with E-state index in [9.17, 15) is 63.3 Å². The first-order valence-corrected chi connectivity index (χ1v) is 24.5. The van der Waals surface area contributed by atoms with Gasteiger partial charge in [0.15, 0.2) is 0 Å². The summed E-state index contributed by atoms with van der Waals surface area (Å²) in [5.74, 6) is -10.5. The molecule has 1 aromatic heterocycles. The van der Waals surface area contributed by atoms with Gasteiger partial charge in [-0.15, -0.1) is 0 Å². The molecule has 26 nitrogen and oxygen atoms in total. The number of phenols is 1. The summed E-state index contributed by atoms with van der Waals surface area (Å²) in [7, 11) is 0. The highest BCUT2D eigenvalue weighted by Crippen LogP contribution is 2.14. The van der Waals surface area contributed by atoms with Crippen LogP contribution in [0.25, 0.3) is 0 Å². The number of imidazole rings is 1. The lowest BCUT2D eigenvalue weighted by Gasteiger charge is -2.29. The summed E-state index contributed by atoms with van der Waals surface area (Å²) in [6.45, 7) is 10.5. The van der Waals surface area contributed by atoms with Gasteiger partial charge in [0.1, 0.15) is 54.1 Å². The van der Waals surface area contributed by atoms with E-state index in [2.05, 4.69) is 52.5 Å². The van der Waals surface area contributed by atoms with Gasteiger partial charge in [0.05, 0.1) is 19.0 Å². The number of primary amides is 1. The van der Waals surface area contributed by atoms with E-state index in [0.29, 0.717) is 37.1 Å². The van der Waals surface area contributed by atoms with Crippen molar-refractivity contribution in [3.63, 3.8) is 0 Å². The zero-order valence-electron chi connectivity index (χ0n) is 43.1. The van der Waals surface area contributed by atoms with Crippen LogP contribution in [-0.2, 0) is 60.8 Å². The summed E-state index contributed by atoms with van der Waals surface area (Å²) in [6.07, 6.45) is 3.26. The molecule has 0 spiro atoms. The van der Waals surface area contributed by atoms with Crippen LogP contribution in [0.5, 0.6) is 5.75 Å². The lowest BCUT2D eigenvalue weighted by Crippen LogP contribution is -2.61. The van der Waals surface area contributed by atoms with Gasteiger partial charge in [0.25, 0.3) is 0 Å². The van der Waals surface area contributed by atoms with E-state index < -0.39 is 138 Å². The first-order valence-electron chi connectivity index (χ1n) is 24.5. The van der Waals surface area contributed by atoms with Crippen molar-refractivity contribution in [2.24, 2.45) is 35.0 Å². The Balaban J connectivity index is 2.27. The van der Waals surface area contributed by atoms with Gasteiger partial charge in [-0.2, -0.15) is 0 Å². The Bertz CT molecular complexity index is 2190. The molecule has 2 rings (SSSR count). The fraction of sp³-hybridized carbons (Fsp3) is 0.604. The Morgan fingerprint density at radius 1 is 0.608 bits per heavy atom. The Morgan fingerprint density at radius 2 is 1.12 bits per heavy atom. The number of carbonyl (C=O) groups is 10. The summed E-state index contributed by atoms with van der Waals surface area (Å²) >= 11 is 0. The molecule has 18 N–H and O–H groups in total. The molecule has 9 amide bonds. The number of aromatic amines is 1. The Labute approximate surface area is 430 Å². The quantitative estimate of drug-likeness (QED) is 0.0316. The average molecular weight is 1040 g/mol. The summed E-state index contributed by atoms with van der Waals surface area (Å²) in [4.78, 5) is 139. The lowest BCUT2D eigenvalue weighted by atomic mass is 9.99. The summed E-state index contributed by atoms with van der Waals surface area (Å²) in [5.41, 5.74) is 18.1. The molecular weight excluding hydrogens is 967 g/mol. The van der Waals surface area contributed by atoms with Crippen LogP contribution in [-0.4, -0.2) is 152 Å². The molecule has 1 heterocycles. The predicted octanol–water partition coefficient (Wildman–Crippen LogP) is -3.04. The van der Waals surface area contributed by atoms with Gasteiger partial charge in [-0.05, 0) is 74.6 Å². The molecule has 0 radical (unpaired) electrons. The highest BCUT2D eigenvalue weighted by atomic mass is 16.4. The number of carboxylic acids is 1. The second kappa shape index (κ2) is 31.4. The molecule has 9 atom stereocenters. The first-order chi connectivity index (χ1) is 34.8. The van der Waals surface area contributed by atoms with Crippen LogP contribution < -0.4 is 59.7 Å². The van der Waals surface area contributed by atoms with Crippen LogP contribution in [0.15, 0.2) is 36.8 Å². The molecule has 412 valence electrons. The molecular formula is C48H77N13O13. The number of carboxylic acid groups (broad SMARTS) is 1. The number of aromatic nitrogens is 2. The number of nitrogens with two attached hydrogens (primary N) is 3. The van der Waals surface area contributed by atoms with E-state index in [0.717, 1.165) is 0 Å². The topological polar surface area (TPSA) is 434 Å². The Kier molecular flexibility index (Phi) is 26.7. The largest absolute Gasteiger partial charge is 0.508 e. The number of H-pyrrole nitrogens is 1. The zero-order valence-corrected chi connectivity index (χ0v) is 43.1. The van der Waals surface area contributed by atoms with E-state index in [-0.39, 0.29) is 37.4 Å². The number of unbranched alkanes of at least 4 members (excludes halogenated alkanes) is 1. The van der Waals surface area contributed by atoms with Crippen LogP contribution in [0.1, 0.15) is 98.2 Å². The number of hydrogen-bond acceptors (Lipinski definition) is 15. The number of aliphatic hydroxyl groups excluding tert-OH is 1. The van der Waals surface area contributed by atoms with Crippen molar-refractivity contribution < 1.29 is 63.3 Å². The minimum Gasteiger partial charge on any atom is -0.508 e. The number of hydrogen-bond donors (Lipinski definition) is 15. The van der Waals surface area contributed by atoms with E-state index in [1.807, 2.05) is 0 Å². The molecule has 0 aliphatic rings. The van der Waals surface area contributed by atoms with Crippen LogP contribution in [0.2, 0.25) is 0 Å². The monoisotopic (exact) mass is 1040 g/mol. The van der Waals surface area contributed by atoms with Crippen LogP contribution in [0, 0.1) is 17.8 Å². The zero-order chi connectivity index (χ0) is 55.8. The van der Waals surface area contributed by atoms with E-state index in [1.165, 1.54) is 31.6 Å². The standard InChI is InChI=1S/C48H77N13O13/c1-24(2)18-33(57-44(69)34(19-28-11-13-30(63)14-12-28)56-41(66)31(50)10-8-9-17-49)43(68)55-32(15-16-37(51)64)42(67)60-38(25(3)4)47(72)54-27(7)40(65)59-36(22-62)46(71)58-35(20-29-21-52-23-53-29)45(70)61-39(26(5)6)48(73)74/h11-14,21,23-27,31-36,38-39,62-63H,8-10,15-20,22,49-50H2,1-7H3,(H2,51,64)(H,52,53)(H,54,72)(H,55,68)(H,56,66)(H,57,69)(H,58,71)(H,59,65)(H,60,67)(H,61,70)(H,73,74)/t27-,31-,32-,33-,34-,35-,36-,38-,39-/m0/s1. The number of rotatable bonds is 33. The summed E-state index contributed by atoms with van der Waals surface area (Å²) in [6, 6.07) is -6.26. The molecule has 0 bridgehead atoms. The SMILES string of the molecule is CC(C)C[C@H](NC(=O)[C@H](Cc1ccc(O)cc1)NC(=O)[C@@H](N)CCCCN)C(=O)N[C@@H](CCC(N)=O)C(=O)N[C@H](C(=O)N[C@@H](C)C(=O)N[C@@H](CO)C(=O)N[C@@H](Cc1cnc[nH]1)C(=O)N[C@H](C(=O)O)C(C)C)C(C)C. The Hall–Kier alpha value is -7.19. The number of carbonyl (C=O) groups excluding carboxylic acids is 9. The number of aliphatic carboxylic acids is 1. The van der Waals surface area contributed by atoms with Crippen molar-refractivity contribution in [1.29, 1.82) is 0 Å². The maximum atomic E-state index is 14.1. The number of phenolic OH excluding ortho intramolecular Hbond substituents is 1. The maximum Gasteiger partial charge on any atom is 0.326 e. The van der Waals surface area contributed by atoms with Gasteiger partial charge >= 0.3 is 5.97 Å². The highest BCUT2D eigenvalue weighted by Gasteiger charge is 2.36. The molecule has 0 fully saturated rings. The van der Waals surface area contributed by atoms with Crippen molar-refractivity contribution in [1.82, 2.24) is 52.5 Å². The minimum atomic E-state index is -1.67. The fourth-order valence-electron chi connectivity index (χ4n) is 7.31. The number of aliphatic hydroxyl groups is 1. The van der Waals surface area contributed by atoms with E-state index in [4.69, 9.17) is 17.2 Å². The highest BCUT2D eigenvalue weighted by molar-refractivity contribution is 5.98. The molecule has 0 unspecified atom stereocenters. The molecule has 26 heteroatoms. The average Bonchev–Trinajstić information content (AvgIpc) is 3.85. The third-order valence-corrected chi connectivity index (χ3v) is 11.6. The van der Waals surface area contributed by atoms with Gasteiger partial charge in [-0.1, -0.05) is 60.1 Å². The lowest BCUT2D eigenvalue weighted by molar-refractivity contribution is -0.143.